The first kappa shape index (κ1) is 14.1. The predicted molar refractivity (Wildman–Crippen MR) is 80.3 cm³/mol. The monoisotopic (exact) mass is 266 g/mol. The van der Waals surface area contributed by atoms with Crippen molar-refractivity contribution < 1.29 is 5.11 Å². The first-order valence-electron chi connectivity index (χ1n) is 6.76. The lowest BCUT2D eigenvalue weighted by molar-refractivity contribution is 0.281. The summed E-state index contributed by atoms with van der Waals surface area (Å²) in [6.45, 7) is 0.193. The Bertz CT molecular complexity index is 558. The Hall–Kier alpha value is -2.31. The van der Waals surface area contributed by atoms with E-state index in [1.807, 2.05) is 30.3 Å². The van der Waals surface area contributed by atoms with Crippen LogP contribution in [0.3, 0.4) is 0 Å². The molecule has 0 fully saturated rings. The van der Waals surface area contributed by atoms with Crippen LogP contribution in [0.25, 0.3) is 0 Å². The standard InChI is InChI=1S/C17H18N2O/c18-13-14-8-10-16(11-9-14)19-17(7-4-12-20)15-5-2-1-3-6-15/h1-3,5-6,8-11,17,19-20H,4,7,12H2. The van der Waals surface area contributed by atoms with Gasteiger partial charge in [-0.3, -0.25) is 0 Å². The van der Waals surface area contributed by atoms with Crippen molar-refractivity contribution in [3.05, 3.63) is 65.7 Å². The van der Waals surface area contributed by atoms with Crippen molar-refractivity contribution in [1.82, 2.24) is 0 Å². The molecule has 2 N–H and O–H groups in total. The SMILES string of the molecule is N#Cc1ccc(NC(CCCO)c2ccccc2)cc1. The van der Waals surface area contributed by atoms with Crippen molar-refractivity contribution in [2.75, 3.05) is 11.9 Å². The van der Waals surface area contributed by atoms with Crippen molar-refractivity contribution in [2.24, 2.45) is 0 Å². The predicted octanol–water partition coefficient (Wildman–Crippen LogP) is 3.48. The summed E-state index contributed by atoms with van der Waals surface area (Å²) < 4.78 is 0. The topological polar surface area (TPSA) is 56.0 Å². The van der Waals surface area contributed by atoms with Gasteiger partial charge in [0.1, 0.15) is 0 Å². The maximum absolute atomic E-state index is 9.03. The number of benzene rings is 2. The Morgan fingerprint density at radius 2 is 1.75 bits per heavy atom. The van der Waals surface area contributed by atoms with Crippen LogP contribution in [-0.4, -0.2) is 11.7 Å². The maximum atomic E-state index is 9.03. The van der Waals surface area contributed by atoms with E-state index >= 15 is 0 Å². The van der Waals surface area contributed by atoms with Crippen LogP contribution in [0, 0.1) is 11.3 Å². The normalized spacial score (nSPS) is 11.6. The number of hydrogen-bond donors (Lipinski definition) is 2. The molecule has 0 aliphatic rings. The molecule has 0 saturated heterocycles. The van der Waals surface area contributed by atoms with E-state index in [9.17, 15) is 0 Å². The van der Waals surface area contributed by atoms with Crippen LogP contribution < -0.4 is 5.32 Å². The van der Waals surface area contributed by atoms with E-state index in [1.54, 1.807) is 12.1 Å². The molecule has 2 aromatic carbocycles. The summed E-state index contributed by atoms with van der Waals surface area (Å²) in [5.74, 6) is 0. The van der Waals surface area contributed by atoms with Crippen molar-refractivity contribution in [1.29, 1.82) is 5.26 Å². The third-order valence-electron chi connectivity index (χ3n) is 3.21. The smallest absolute Gasteiger partial charge is 0.0991 e. The van der Waals surface area contributed by atoms with Crippen LogP contribution in [0.2, 0.25) is 0 Å². The highest BCUT2D eigenvalue weighted by Crippen LogP contribution is 2.24. The average molecular weight is 266 g/mol. The molecule has 2 aromatic rings. The number of anilines is 1. The Morgan fingerprint density at radius 1 is 1.05 bits per heavy atom. The number of aliphatic hydroxyl groups is 1. The zero-order chi connectivity index (χ0) is 14.2. The van der Waals surface area contributed by atoms with Crippen molar-refractivity contribution >= 4 is 5.69 Å². The third-order valence-corrected chi connectivity index (χ3v) is 3.21. The Kier molecular flexibility index (Phi) is 5.16. The lowest BCUT2D eigenvalue weighted by Crippen LogP contribution is -2.11. The Labute approximate surface area is 119 Å². The van der Waals surface area contributed by atoms with E-state index in [-0.39, 0.29) is 12.6 Å². The molecule has 2 rings (SSSR count). The fourth-order valence-corrected chi connectivity index (χ4v) is 2.15. The lowest BCUT2D eigenvalue weighted by atomic mass is 10.0. The number of nitrogens with zero attached hydrogens (tertiary/aromatic N) is 1. The molecule has 0 aliphatic heterocycles. The lowest BCUT2D eigenvalue weighted by Gasteiger charge is -2.20. The van der Waals surface area contributed by atoms with Crippen molar-refractivity contribution in [2.45, 2.75) is 18.9 Å². The zero-order valence-corrected chi connectivity index (χ0v) is 11.3. The zero-order valence-electron chi connectivity index (χ0n) is 11.3. The summed E-state index contributed by atoms with van der Waals surface area (Å²) in [7, 11) is 0. The molecule has 0 amide bonds. The molecule has 0 saturated carbocycles. The second-order valence-electron chi connectivity index (χ2n) is 4.66. The first-order chi connectivity index (χ1) is 9.83. The van der Waals surface area contributed by atoms with E-state index in [4.69, 9.17) is 10.4 Å². The molecular weight excluding hydrogens is 248 g/mol. The number of hydrogen-bond acceptors (Lipinski definition) is 3. The molecule has 0 bridgehead atoms. The van der Waals surface area contributed by atoms with Crippen LogP contribution in [0.15, 0.2) is 54.6 Å². The molecule has 3 heteroatoms. The molecule has 3 nitrogen and oxygen atoms in total. The molecule has 20 heavy (non-hydrogen) atoms. The van der Waals surface area contributed by atoms with Gasteiger partial charge in [-0.05, 0) is 42.7 Å². The van der Waals surface area contributed by atoms with Gasteiger partial charge < -0.3 is 10.4 Å². The Balaban J connectivity index is 2.13. The minimum atomic E-state index is 0.163. The summed E-state index contributed by atoms with van der Waals surface area (Å²) in [5, 5.41) is 21.3. The number of nitriles is 1. The van der Waals surface area contributed by atoms with Gasteiger partial charge in [-0.1, -0.05) is 30.3 Å². The molecule has 0 radical (unpaired) electrons. The van der Waals surface area contributed by atoms with E-state index in [0.717, 1.165) is 18.5 Å². The number of aliphatic hydroxyl groups excluding tert-OH is 1. The van der Waals surface area contributed by atoms with Gasteiger partial charge in [0.2, 0.25) is 0 Å². The maximum Gasteiger partial charge on any atom is 0.0991 e. The van der Waals surface area contributed by atoms with E-state index in [0.29, 0.717) is 5.56 Å². The van der Waals surface area contributed by atoms with Crippen molar-refractivity contribution in [3.63, 3.8) is 0 Å². The summed E-state index contributed by atoms with van der Waals surface area (Å²) in [6.07, 6.45) is 1.61. The fraction of sp³-hybridized carbons (Fsp3) is 0.235. The molecular formula is C17H18N2O. The Morgan fingerprint density at radius 3 is 2.35 bits per heavy atom. The fourth-order valence-electron chi connectivity index (χ4n) is 2.15. The third kappa shape index (κ3) is 3.84. The van der Waals surface area contributed by atoms with Crippen molar-refractivity contribution in [3.8, 4) is 6.07 Å². The second kappa shape index (κ2) is 7.32. The molecule has 0 aliphatic carbocycles. The summed E-state index contributed by atoms with van der Waals surface area (Å²) in [5.41, 5.74) is 2.84. The van der Waals surface area contributed by atoms with Gasteiger partial charge in [0, 0.05) is 12.3 Å². The van der Waals surface area contributed by atoms with Gasteiger partial charge in [0.15, 0.2) is 0 Å². The molecule has 0 heterocycles. The molecule has 1 unspecified atom stereocenters. The average Bonchev–Trinajstić information content (AvgIpc) is 2.53. The van der Waals surface area contributed by atoms with Crippen LogP contribution in [-0.2, 0) is 0 Å². The number of rotatable bonds is 6. The highest BCUT2D eigenvalue weighted by atomic mass is 16.2. The van der Waals surface area contributed by atoms with E-state index < -0.39 is 0 Å². The van der Waals surface area contributed by atoms with Gasteiger partial charge in [0.25, 0.3) is 0 Å². The molecule has 0 spiro atoms. The minimum absolute atomic E-state index is 0.163. The van der Waals surface area contributed by atoms with Crippen LogP contribution in [0.1, 0.15) is 30.0 Å². The molecule has 102 valence electrons. The van der Waals surface area contributed by atoms with E-state index in [2.05, 4.69) is 23.5 Å². The van der Waals surface area contributed by atoms with Crippen LogP contribution in [0.5, 0.6) is 0 Å². The first-order valence-corrected chi connectivity index (χ1v) is 6.76. The summed E-state index contributed by atoms with van der Waals surface area (Å²) in [4.78, 5) is 0. The summed E-state index contributed by atoms with van der Waals surface area (Å²) in [6, 6.07) is 19.9. The van der Waals surface area contributed by atoms with Crippen LogP contribution >= 0.6 is 0 Å². The summed E-state index contributed by atoms with van der Waals surface area (Å²) >= 11 is 0. The quantitative estimate of drug-likeness (QED) is 0.841. The van der Waals surface area contributed by atoms with Gasteiger partial charge in [0.05, 0.1) is 17.7 Å². The van der Waals surface area contributed by atoms with E-state index in [1.165, 1.54) is 5.56 Å². The second-order valence-corrected chi connectivity index (χ2v) is 4.66. The van der Waals surface area contributed by atoms with Gasteiger partial charge in [-0.2, -0.15) is 5.26 Å². The van der Waals surface area contributed by atoms with Gasteiger partial charge >= 0.3 is 0 Å². The number of nitrogens with one attached hydrogen (secondary N) is 1. The van der Waals surface area contributed by atoms with Gasteiger partial charge in [-0.15, -0.1) is 0 Å². The van der Waals surface area contributed by atoms with Crippen LogP contribution in [0.4, 0.5) is 5.69 Å². The molecule has 1 atom stereocenters. The minimum Gasteiger partial charge on any atom is -0.396 e. The molecule has 0 aromatic heterocycles. The highest BCUT2D eigenvalue weighted by Gasteiger charge is 2.10. The largest absolute Gasteiger partial charge is 0.396 e. The van der Waals surface area contributed by atoms with Gasteiger partial charge in [-0.25, -0.2) is 0 Å². The highest BCUT2D eigenvalue weighted by molar-refractivity contribution is 5.48.